The van der Waals surface area contributed by atoms with Crippen molar-refractivity contribution in [3.63, 3.8) is 0 Å². The first kappa shape index (κ1) is 17.0. The molecule has 1 saturated heterocycles. The molecule has 3 nitrogen and oxygen atoms in total. The molecular formula is C19H21N2OS2+. The molecule has 0 saturated carbocycles. The number of nitrogens with zero attached hydrogens (tertiary/aromatic N) is 2. The summed E-state index contributed by atoms with van der Waals surface area (Å²) in [6, 6.07) is 20.0. The minimum Gasteiger partial charge on any atom is -0.291 e. The molecule has 1 aliphatic rings. The molecule has 124 valence electrons. The Morgan fingerprint density at radius 3 is 2.33 bits per heavy atom. The van der Waals surface area contributed by atoms with Gasteiger partial charge in [0.05, 0.1) is 6.54 Å². The maximum absolute atomic E-state index is 10.8. The lowest BCUT2D eigenvalue weighted by Crippen LogP contribution is -2.48. The zero-order chi connectivity index (χ0) is 17.2. The summed E-state index contributed by atoms with van der Waals surface area (Å²) < 4.78 is 1.89. The molecule has 1 heterocycles. The number of thioether (sulfide) groups is 1. The molecule has 0 spiro atoms. The third-order valence-corrected chi connectivity index (χ3v) is 5.66. The van der Waals surface area contributed by atoms with Crippen LogP contribution in [0, 0.1) is 0 Å². The Morgan fingerprint density at radius 2 is 1.71 bits per heavy atom. The zero-order valence-electron chi connectivity index (χ0n) is 13.8. The minimum absolute atomic E-state index is 0.216. The van der Waals surface area contributed by atoms with E-state index in [1.54, 1.807) is 18.0 Å². The predicted octanol–water partition coefficient (Wildman–Crippen LogP) is 4.15. The minimum atomic E-state index is -0.226. The van der Waals surface area contributed by atoms with Gasteiger partial charge in [0.15, 0.2) is 0 Å². The molecule has 0 radical (unpaired) electrons. The van der Waals surface area contributed by atoms with Crippen molar-refractivity contribution in [3.05, 3.63) is 71.8 Å². The summed E-state index contributed by atoms with van der Waals surface area (Å²) >= 11 is 7.22. The van der Waals surface area contributed by atoms with Crippen molar-refractivity contribution in [3.8, 4) is 0 Å². The van der Waals surface area contributed by atoms with Crippen LogP contribution >= 0.6 is 24.0 Å². The highest BCUT2D eigenvalue weighted by molar-refractivity contribution is 8.24. The van der Waals surface area contributed by atoms with Gasteiger partial charge in [-0.2, -0.15) is 0 Å². The van der Waals surface area contributed by atoms with E-state index in [2.05, 4.69) is 30.9 Å². The van der Waals surface area contributed by atoms with E-state index in [4.69, 9.17) is 12.2 Å². The molecule has 0 amide bonds. The second-order valence-corrected chi connectivity index (χ2v) is 8.67. The normalized spacial score (nSPS) is 20.4. The highest BCUT2D eigenvalue weighted by Crippen LogP contribution is 2.42. The molecule has 1 fully saturated rings. The van der Waals surface area contributed by atoms with E-state index in [-0.39, 0.29) is 10.9 Å². The molecule has 2 aromatic carbocycles. The van der Waals surface area contributed by atoms with Crippen molar-refractivity contribution in [1.82, 2.24) is 4.90 Å². The van der Waals surface area contributed by atoms with Gasteiger partial charge in [-0.1, -0.05) is 72.5 Å². The van der Waals surface area contributed by atoms with E-state index >= 15 is 0 Å². The van der Waals surface area contributed by atoms with E-state index in [9.17, 15) is 5.21 Å². The second-order valence-electron chi connectivity index (χ2n) is 6.38. The summed E-state index contributed by atoms with van der Waals surface area (Å²) in [6.07, 6.45) is 1.54. The van der Waals surface area contributed by atoms with Gasteiger partial charge in [-0.25, -0.2) is 0 Å². The zero-order valence-corrected chi connectivity index (χ0v) is 15.4. The van der Waals surface area contributed by atoms with Crippen molar-refractivity contribution >= 4 is 34.5 Å². The standard InChI is InChI=1S/C19H21N2OS2/c1-19(2)17(21(22)14-16-11-7-4-8-12-16)20(18(23)24-19)13-15-9-5-3-6-10-15/h3-12,14,17,22H,13H2,1-2H3/q+1. The summed E-state index contributed by atoms with van der Waals surface area (Å²) in [5.74, 6) is 0. The summed E-state index contributed by atoms with van der Waals surface area (Å²) in [5.41, 5.74) is 2.13. The lowest BCUT2D eigenvalue weighted by molar-refractivity contribution is -0.808. The van der Waals surface area contributed by atoms with Gasteiger partial charge in [0.25, 0.3) is 6.17 Å². The molecule has 1 unspecified atom stereocenters. The van der Waals surface area contributed by atoms with Crippen LogP contribution in [0.4, 0.5) is 0 Å². The van der Waals surface area contributed by atoms with E-state index in [0.717, 1.165) is 9.88 Å². The molecule has 1 atom stereocenters. The first-order valence-corrected chi connectivity index (χ1v) is 9.10. The maximum Gasteiger partial charge on any atom is 0.292 e. The molecule has 1 aliphatic heterocycles. The van der Waals surface area contributed by atoms with Crippen LogP contribution < -0.4 is 0 Å². The van der Waals surface area contributed by atoms with E-state index in [0.29, 0.717) is 6.54 Å². The Kier molecular flexibility index (Phi) is 4.92. The van der Waals surface area contributed by atoms with Crippen LogP contribution in [0.5, 0.6) is 0 Å². The molecule has 24 heavy (non-hydrogen) atoms. The van der Waals surface area contributed by atoms with Gasteiger partial charge in [0.2, 0.25) is 6.21 Å². The van der Waals surface area contributed by atoms with Gasteiger partial charge in [0, 0.05) is 5.56 Å². The Bertz CT molecular complexity index is 744. The molecule has 3 rings (SSSR count). The Morgan fingerprint density at radius 1 is 1.12 bits per heavy atom. The number of rotatable bonds is 4. The predicted molar refractivity (Wildman–Crippen MR) is 104 cm³/mol. The fourth-order valence-corrected chi connectivity index (χ4v) is 4.85. The average molecular weight is 358 g/mol. The van der Waals surface area contributed by atoms with Crippen LogP contribution in [-0.2, 0) is 6.54 Å². The molecule has 0 aromatic heterocycles. The Hall–Kier alpha value is -1.85. The smallest absolute Gasteiger partial charge is 0.291 e. The lowest BCUT2D eigenvalue weighted by Gasteiger charge is -2.25. The summed E-state index contributed by atoms with van der Waals surface area (Å²) in [5, 5.41) is 10.8. The molecule has 0 bridgehead atoms. The fourth-order valence-electron chi connectivity index (χ4n) is 2.97. The van der Waals surface area contributed by atoms with Gasteiger partial charge >= 0.3 is 0 Å². The van der Waals surface area contributed by atoms with Crippen molar-refractivity contribution in [1.29, 1.82) is 0 Å². The van der Waals surface area contributed by atoms with Crippen LogP contribution in [-0.4, -0.2) is 36.3 Å². The monoisotopic (exact) mass is 357 g/mol. The largest absolute Gasteiger partial charge is 0.292 e. The van der Waals surface area contributed by atoms with Crippen LogP contribution in [0.1, 0.15) is 25.0 Å². The molecule has 2 aromatic rings. The maximum atomic E-state index is 10.8. The van der Waals surface area contributed by atoms with Crippen molar-refractivity contribution < 1.29 is 9.95 Å². The van der Waals surface area contributed by atoms with E-state index in [1.807, 2.05) is 48.5 Å². The first-order valence-electron chi connectivity index (χ1n) is 7.88. The van der Waals surface area contributed by atoms with Crippen LogP contribution in [0.15, 0.2) is 60.7 Å². The number of hydrogen-bond acceptors (Lipinski definition) is 3. The van der Waals surface area contributed by atoms with Crippen LogP contribution in [0.2, 0.25) is 0 Å². The molecule has 1 N–H and O–H groups in total. The topological polar surface area (TPSA) is 26.5 Å². The van der Waals surface area contributed by atoms with Gasteiger partial charge in [-0.05, 0) is 36.3 Å². The van der Waals surface area contributed by atoms with Crippen molar-refractivity contribution in [2.75, 3.05) is 0 Å². The SMILES string of the molecule is CC1(C)SC(=S)N(Cc2ccccc2)C1[N+](O)=Cc1ccccc1. The molecule has 0 aliphatic carbocycles. The van der Waals surface area contributed by atoms with Crippen LogP contribution in [0.25, 0.3) is 0 Å². The molecular weight excluding hydrogens is 336 g/mol. The summed E-state index contributed by atoms with van der Waals surface area (Å²) in [4.78, 5) is 2.09. The fraction of sp³-hybridized carbons (Fsp3) is 0.263. The second kappa shape index (κ2) is 6.95. The quantitative estimate of drug-likeness (QED) is 0.292. The van der Waals surface area contributed by atoms with E-state index in [1.165, 1.54) is 10.3 Å². The summed E-state index contributed by atoms with van der Waals surface area (Å²) in [7, 11) is 0. The first-order chi connectivity index (χ1) is 11.5. The third-order valence-electron chi connectivity index (χ3n) is 4.03. The van der Waals surface area contributed by atoms with Crippen molar-refractivity contribution in [2.24, 2.45) is 0 Å². The van der Waals surface area contributed by atoms with Crippen molar-refractivity contribution in [2.45, 2.75) is 31.3 Å². The van der Waals surface area contributed by atoms with Gasteiger partial charge in [0.1, 0.15) is 9.07 Å². The number of hydrogen-bond donors (Lipinski definition) is 1. The van der Waals surface area contributed by atoms with Gasteiger partial charge in [-0.3, -0.25) is 10.1 Å². The summed E-state index contributed by atoms with van der Waals surface area (Å²) in [6.45, 7) is 4.91. The number of benzene rings is 2. The lowest BCUT2D eigenvalue weighted by atomic mass is 10.1. The van der Waals surface area contributed by atoms with E-state index < -0.39 is 0 Å². The number of thiocarbonyl (C=S) groups is 1. The number of hydroxylamine groups is 1. The highest BCUT2D eigenvalue weighted by atomic mass is 32.2. The highest BCUT2D eigenvalue weighted by Gasteiger charge is 2.52. The van der Waals surface area contributed by atoms with Gasteiger partial charge in [-0.15, -0.1) is 0 Å². The molecule has 5 heteroatoms. The Labute approximate surface area is 152 Å². The Balaban J connectivity index is 1.92. The average Bonchev–Trinajstić information content (AvgIpc) is 2.78. The van der Waals surface area contributed by atoms with Crippen LogP contribution in [0.3, 0.4) is 0 Å². The van der Waals surface area contributed by atoms with Gasteiger partial charge < -0.3 is 0 Å². The third kappa shape index (κ3) is 3.62.